The van der Waals surface area contributed by atoms with E-state index in [4.69, 9.17) is 5.11 Å². The summed E-state index contributed by atoms with van der Waals surface area (Å²) in [5.74, 6) is 0.332. The Labute approximate surface area is 83.4 Å². The van der Waals surface area contributed by atoms with Gasteiger partial charge < -0.3 is 10.4 Å². The third kappa shape index (κ3) is 3.74. The molecule has 0 heterocycles. The van der Waals surface area contributed by atoms with E-state index in [0.717, 1.165) is 13.0 Å². The molecule has 0 aliphatic rings. The first-order valence-electron chi connectivity index (χ1n) is 3.75. The monoisotopic (exact) mass is 231 g/mol. The van der Waals surface area contributed by atoms with Crippen molar-refractivity contribution in [3.05, 3.63) is 29.8 Å². The third-order valence-electron chi connectivity index (χ3n) is 1.60. The molecular formula is C9H14BrNO. The maximum atomic E-state index is 8.97. The minimum atomic E-state index is 0. The van der Waals surface area contributed by atoms with Gasteiger partial charge in [0.2, 0.25) is 0 Å². The van der Waals surface area contributed by atoms with Gasteiger partial charge in [0.1, 0.15) is 5.75 Å². The molecule has 1 aromatic rings. The van der Waals surface area contributed by atoms with Crippen LogP contribution >= 0.6 is 17.0 Å². The summed E-state index contributed by atoms with van der Waals surface area (Å²) in [6.45, 7) is 0.977. The highest BCUT2D eigenvalue weighted by atomic mass is 79.9. The van der Waals surface area contributed by atoms with Crippen LogP contribution in [-0.2, 0) is 6.42 Å². The number of rotatable bonds is 3. The highest BCUT2D eigenvalue weighted by molar-refractivity contribution is 8.93. The van der Waals surface area contributed by atoms with E-state index in [9.17, 15) is 0 Å². The van der Waals surface area contributed by atoms with E-state index < -0.39 is 0 Å². The second kappa shape index (κ2) is 6.03. The summed E-state index contributed by atoms with van der Waals surface area (Å²) < 4.78 is 0. The van der Waals surface area contributed by atoms with Crippen molar-refractivity contribution in [2.75, 3.05) is 13.6 Å². The molecule has 0 aromatic heterocycles. The quantitative estimate of drug-likeness (QED) is 0.831. The Hall–Kier alpha value is -0.540. The van der Waals surface area contributed by atoms with Crippen molar-refractivity contribution >= 4 is 17.0 Å². The summed E-state index contributed by atoms with van der Waals surface area (Å²) >= 11 is 0. The topological polar surface area (TPSA) is 32.3 Å². The Kier molecular flexibility index (Phi) is 5.76. The molecule has 2 nitrogen and oxygen atoms in total. The molecule has 68 valence electrons. The fourth-order valence-electron chi connectivity index (χ4n) is 0.932. The molecule has 0 amide bonds. The summed E-state index contributed by atoms with van der Waals surface area (Å²) in [6, 6.07) is 7.30. The summed E-state index contributed by atoms with van der Waals surface area (Å²) in [4.78, 5) is 0. The van der Waals surface area contributed by atoms with E-state index in [1.165, 1.54) is 5.56 Å². The predicted octanol–water partition coefficient (Wildman–Crippen LogP) is 1.73. The van der Waals surface area contributed by atoms with Crippen molar-refractivity contribution < 1.29 is 5.11 Å². The number of likely N-dealkylation sites (N-methyl/N-ethyl adjacent to an activating group) is 1. The lowest BCUT2D eigenvalue weighted by atomic mass is 10.1. The van der Waals surface area contributed by atoms with E-state index in [0.29, 0.717) is 5.75 Å². The average molecular weight is 232 g/mol. The molecule has 0 bridgehead atoms. The van der Waals surface area contributed by atoms with Crippen LogP contribution in [0.4, 0.5) is 0 Å². The Morgan fingerprint density at radius 3 is 2.33 bits per heavy atom. The van der Waals surface area contributed by atoms with Gasteiger partial charge in [-0.05, 0) is 37.7 Å². The van der Waals surface area contributed by atoms with Gasteiger partial charge in [0.15, 0.2) is 0 Å². The smallest absolute Gasteiger partial charge is 0.115 e. The zero-order chi connectivity index (χ0) is 8.10. The van der Waals surface area contributed by atoms with Gasteiger partial charge in [-0.3, -0.25) is 0 Å². The van der Waals surface area contributed by atoms with E-state index in [2.05, 4.69) is 5.32 Å². The van der Waals surface area contributed by atoms with E-state index in [-0.39, 0.29) is 17.0 Å². The van der Waals surface area contributed by atoms with Crippen LogP contribution in [0.2, 0.25) is 0 Å². The van der Waals surface area contributed by atoms with Crippen LogP contribution in [0, 0.1) is 0 Å². The zero-order valence-corrected chi connectivity index (χ0v) is 8.79. The third-order valence-corrected chi connectivity index (χ3v) is 1.60. The van der Waals surface area contributed by atoms with Crippen LogP contribution in [0.25, 0.3) is 0 Å². The van der Waals surface area contributed by atoms with Gasteiger partial charge in [0, 0.05) is 0 Å². The van der Waals surface area contributed by atoms with Crippen molar-refractivity contribution in [3.8, 4) is 5.75 Å². The predicted molar refractivity (Wildman–Crippen MR) is 56.1 cm³/mol. The number of halogens is 1. The molecule has 3 heteroatoms. The van der Waals surface area contributed by atoms with E-state index in [1.54, 1.807) is 12.1 Å². The zero-order valence-electron chi connectivity index (χ0n) is 7.08. The molecule has 0 fully saturated rings. The van der Waals surface area contributed by atoms with Gasteiger partial charge in [-0.15, -0.1) is 17.0 Å². The van der Waals surface area contributed by atoms with Gasteiger partial charge in [-0.2, -0.15) is 0 Å². The largest absolute Gasteiger partial charge is 0.508 e. The summed E-state index contributed by atoms with van der Waals surface area (Å²) in [5, 5.41) is 12.0. The second-order valence-corrected chi connectivity index (χ2v) is 2.52. The van der Waals surface area contributed by atoms with Crippen molar-refractivity contribution in [2.45, 2.75) is 6.42 Å². The fraction of sp³-hybridized carbons (Fsp3) is 0.333. The summed E-state index contributed by atoms with van der Waals surface area (Å²) in [7, 11) is 1.93. The van der Waals surface area contributed by atoms with Gasteiger partial charge >= 0.3 is 0 Å². The number of phenolic OH excluding ortho intramolecular Hbond substituents is 1. The fourth-order valence-corrected chi connectivity index (χ4v) is 0.932. The molecular weight excluding hydrogens is 218 g/mol. The Morgan fingerprint density at radius 2 is 1.83 bits per heavy atom. The SMILES string of the molecule is Br.CNCCc1ccc(O)cc1. The molecule has 0 aliphatic carbocycles. The molecule has 2 N–H and O–H groups in total. The number of hydrogen-bond acceptors (Lipinski definition) is 2. The number of aromatic hydroxyl groups is 1. The molecule has 0 aliphatic heterocycles. The van der Waals surface area contributed by atoms with Crippen LogP contribution in [-0.4, -0.2) is 18.7 Å². The van der Waals surface area contributed by atoms with Crippen LogP contribution < -0.4 is 5.32 Å². The molecule has 0 atom stereocenters. The van der Waals surface area contributed by atoms with E-state index >= 15 is 0 Å². The standard InChI is InChI=1S/C9H13NO.BrH/c1-10-7-6-8-2-4-9(11)5-3-8;/h2-5,10-11H,6-7H2,1H3;1H. The lowest BCUT2D eigenvalue weighted by Crippen LogP contribution is -2.09. The lowest BCUT2D eigenvalue weighted by Gasteiger charge is -1.99. The number of phenols is 1. The van der Waals surface area contributed by atoms with Crippen molar-refractivity contribution in [1.29, 1.82) is 0 Å². The molecule has 1 rings (SSSR count). The first kappa shape index (κ1) is 11.5. The molecule has 1 aromatic carbocycles. The molecule has 0 radical (unpaired) electrons. The number of benzene rings is 1. The van der Waals surface area contributed by atoms with Crippen LogP contribution in [0.15, 0.2) is 24.3 Å². The van der Waals surface area contributed by atoms with Gasteiger partial charge in [-0.25, -0.2) is 0 Å². The highest BCUT2D eigenvalue weighted by Gasteiger charge is 1.90. The normalized spacial score (nSPS) is 9.08. The highest BCUT2D eigenvalue weighted by Crippen LogP contribution is 2.09. The molecule has 0 spiro atoms. The Bertz CT molecular complexity index is 210. The maximum absolute atomic E-state index is 8.97. The minimum Gasteiger partial charge on any atom is -0.508 e. The van der Waals surface area contributed by atoms with Crippen molar-refractivity contribution in [2.24, 2.45) is 0 Å². The second-order valence-electron chi connectivity index (χ2n) is 2.52. The Balaban J connectivity index is 0.00000121. The maximum Gasteiger partial charge on any atom is 0.115 e. The Morgan fingerprint density at radius 1 is 1.25 bits per heavy atom. The summed E-state index contributed by atoms with van der Waals surface area (Å²) in [6.07, 6.45) is 1.01. The van der Waals surface area contributed by atoms with Crippen LogP contribution in [0.5, 0.6) is 5.75 Å². The average Bonchev–Trinajstić information content (AvgIpc) is 2.04. The van der Waals surface area contributed by atoms with Crippen LogP contribution in [0.3, 0.4) is 0 Å². The van der Waals surface area contributed by atoms with Crippen LogP contribution in [0.1, 0.15) is 5.56 Å². The van der Waals surface area contributed by atoms with E-state index in [1.807, 2.05) is 19.2 Å². The van der Waals surface area contributed by atoms with Gasteiger partial charge in [0.05, 0.1) is 0 Å². The lowest BCUT2D eigenvalue weighted by molar-refractivity contribution is 0.475. The number of nitrogens with one attached hydrogen (secondary N) is 1. The first-order valence-corrected chi connectivity index (χ1v) is 3.75. The molecule has 12 heavy (non-hydrogen) atoms. The first-order chi connectivity index (χ1) is 5.33. The minimum absolute atomic E-state index is 0. The van der Waals surface area contributed by atoms with Crippen molar-refractivity contribution in [1.82, 2.24) is 5.32 Å². The molecule has 0 saturated heterocycles. The van der Waals surface area contributed by atoms with Crippen molar-refractivity contribution in [3.63, 3.8) is 0 Å². The van der Waals surface area contributed by atoms with Gasteiger partial charge in [-0.1, -0.05) is 12.1 Å². The van der Waals surface area contributed by atoms with Gasteiger partial charge in [0.25, 0.3) is 0 Å². The number of hydrogen-bond donors (Lipinski definition) is 2. The molecule has 0 saturated carbocycles. The summed E-state index contributed by atoms with van der Waals surface area (Å²) in [5.41, 5.74) is 1.25. The molecule has 0 unspecified atom stereocenters.